The van der Waals surface area contributed by atoms with Gasteiger partial charge in [-0.1, -0.05) is 30.3 Å². The second-order valence-corrected chi connectivity index (χ2v) is 3.65. The maximum atomic E-state index is 5.47. The van der Waals surface area contributed by atoms with Crippen LogP contribution in [0, 0.1) is 0 Å². The summed E-state index contributed by atoms with van der Waals surface area (Å²) < 4.78 is 5.47. The van der Waals surface area contributed by atoms with E-state index in [-0.39, 0.29) is 6.10 Å². The van der Waals surface area contributed by atoms with Gasteiger partial charge in [-0.15, -0.1) is 5.10 Å². The van der Waals surface area contributed by atoms with Crippen molar-refractivity contribution < 1.29 is 4.74 Å². The van der Waals surface area contributed by atoms with E-state index in [1.165, 1.54) is 0 Å². The molecule has 0 atom stereocenters. The molecule has 78 valence electrons. The smallest absolute Gasteiger partial charge is 0.233 e. The molecular formula is C12H14N2O. The van der Waals surface area contributed by atoms with Gasteiger partial charge in [0.05, 0.1) is 11.8 Å². The van der Waals surface area contributed by atoms with Crippen LogP contribution in [0.1, 0.15) is 13.8 Å². The van der Waals surface area contributed by atoms with Gasteiger partial charge >= 0.3 is 0 Å². The molecule has 0 fully saturated rings. The number of hydrogen-bond acceptors (Lipinski definition) is 2. The zero-order chi connectivity index (χ0) is 10.7. The van der Waals surface area contributed by atoms with Crippen molar-refractivity contribution in [2.24, 2.45) is 0 Å². The van der Waals surface area contributed by atoms with Gasteiger partial charge in [-0.2, -0.15) is 0 Å². The molecule has 0 aliphatic rings. The number of H-pyrrole nitrogens is 1. The summed E-state index contributed by atoms with van der Waals surface area (Å²) in [4.78, 5) is 0. The van der Waals surface area contributed by atoms with Gasteiger partial charge in [0, 0.05) is 6.07 Å². The van der Waals surface area contributed by atoms with Crippen molar-refractivity contribution in [3.8, 4) is 17.1 Å². The third kappa shape index (κ3) is 2.37. The van der Waals surface area contributed by atoms with Crippen LogP contribution >= 0.6 is 0 Å². The number of aromatic nitrogens is 2. The second-order valence-electron chi connectivity index (χ2n) is 3.65. The fourth-order valence-electron chi connectivity index (χ4n) is 1.37. The lowest BCUT2D eigenvalue weighted by molar-refractivity contribution is 0.232. The Morgan fingerprint density at radius 3 is 2.60 bits per heavy atom. The van der Waals surface area contributed by atoms with Gasteiger partial charge in [-0.3, -0.25) is 5.10 Å². The standard InChI is InChI=1S/C12H14N2O/c1-9(2)15-12-8-11(13-14-12)10-6-4-3-5-7-10/h3-9H,1-2H3,(H,13,14). The number of nitrogens with zero attached hydrogens (tertiary/aromatic N) is 1. The van der Waals surface area contributed by atoms with Crippen molar-refractivity contribution in [3.05, 3.63) is 36.4 Å². The number of aromatic amines is 1. The van der Waals surface area contributed by atoms with E-state index in [1.54, 1.807) is 0 Å². The van der Waals surface area contributed by atoms with Crippen LogP contribution in [0.25, 0.3) is 11.3 Å². The Labute approximate surface area is 89.1 Å². The second kappa shape index (κ2) is 4.17. The van der Waals surface area contributed by atoms with Crippen LogP contribution in [-0.2, 0) is 0 Å². The van der Waals surface area contributed by atoms with E-state index < -0.39 is 0 Å². The molecule has 0 spiro atoms. The average molecular weight is 202 g/mol. The lowest BCUT2D eigenvalue weighted by Gasteiger charge is -2.03. The van der Waals surface area contributed by atoms with Crippen LogP contribution in [-0.4, -0.2) is 16.3 Å². The third-order valence-corrected chi connectivity index (χ3v) is 2.00. The number of rotatable bonds is 3. The molecule has 1 aromatic heterocycles. The molecular weight excluding hydrogens is 188 g/mol. The predicted octanol–water partition coefficient (Wildman–Crippen LogP) is 2.86. The third-order valence-electron chi connectivity index (χ3n) is 2.00. The fraction of sp³-hybridized carbons (Fsp3) is 0.250. The molecule has 15 heavy (non-hydrogen) atoms. The average Bonchev–Trinajstić information content (AvgIpc) is 2.67. The summed E-state index contributed by atoms with van der Waals surface area (Å²) in [6, 6.07) is 12.0. The van der Waals surface area contributed by atoms with Crippen molar-refractivity contribution in [2.45, 2.75) is 20.0 Å². The summed E-state index contributed by atoms with van der Waals surface area (Å²) in [5.41, 5.74) is 2.09. The van der Waals surface area contributed by atoms with Gasteiger partial charge in [0.15, 0.2) is 0 Å². The SMILES string of the molecule is CC(C)Oc1cc(-c2ccccc2)[nH]n1. The molecule has 1 aromatic carbocycles. The van der Waals surface area contributed by atoms with Crippen molar-refractivity contribution in [1.82, 2.24) is 10.2 Å². The van der Waals surface area contributed by atoms with Crippen LogP contribution < -0.4 is 4.74 Å². The monoisotopic (exact) mass is 202 g/mol. The van der Waals surface area contributed by atoms with Crippen LogP contribution in [0.4, 0.5) is 0 Å². The Hall–Kier alpha value is -1.77. The van der Waals surface area contributed by atoms with Gasteiger partial charge in [0.2, 0.25) is 5.88 Å². The Morgan fingerprint density at radius 2 is 1.93 bits per heavy atom. The molecule has 2 aromatic rings. The van der Waals surface area contributed by atoms with E-state index in [4.69, 9.17) is 4.74 Å². The Kier molecular flexibility index (Phi) is 2.72. The highest BCUT2D eigenvalue weighted by atomic mass is 16.5. The zero-order valence-electron chi connectivity index (χ0n) is 8.90. The fourth-order valence-corrected chi connectivity index (χ4v) is 1.37. The molecule has 0 aliphatic carbocycles. The molecule has 0 unspecified atom stereocenters. The minimum atomic E-state index is 0.150. The lowest BCUT2D eigenvalue weighted by atomic mass is 10.2. The topological polar surface area (TPSA) is 37.9 Å². The summed E-state index contributed by atoms with van der Waals surface area (Å²) in [5, 5.41) is 7.04. The lowest BCUT2D eigenvalue weighted by Crippen LogP contribution is -2.05. The van der Waals surface area contributed by atoms with Crippen LogP contribution in [0.5, 0.6) is 5.88 Å². The van der Waals surface area contributed by atoms with Gasteiger partial charge in [0.25, 0.3) is 0 Å². The van der Waals surface area contributed by atoms with Crippen molar-refractivity contribution >= 4 is 0 Å². The van der Waals surface area contributed by atoms with E-state index >= 15 is 0 Å². The molecule has 0 saturated carbocycles. The van der Waals surface area contributed by atoms with Gasteiger partial charge < -0.3 is 4.74 Å². The van der Waals surface area contributed by atoms with Crippen LogP contribution in [0.3, 0.4) is 0 Å². The first-order valence-corrected chi connectivity index (χ1v) is 5.03. The molecule has 3 heteroatoms. The van der Waals surface area contributed by atoms with Crippen LogP contribution in [0.15, 0.2) is 36.4 Å². The van der Waals surface area contributed by atoms with Crippen molar-refractivity contribution in [2.75, 3.05) is 0 Å². The predicted molar refractivity (Wildman–Crippen MR) is 59.8 cm³/mol. The van der Waals surface area contributed by atoms with E-state index in [9.17, 15) is 0 Å². The largest absolute Gasteiger partial charge is 0.474 e. The van der Waals surface area contributed by atoms with Gasteiger partial charge in [0.1, 0.15) is 0 Å². The Balaban J connectivity index is 2.21. The first-order chi connectivity index (χ1) is 7.25. The maximum Gasteiger partial charge on any atom is 0.233 e. The van der Waals surface area contributed by atoms with E-state index in [0.29, 0.717) is 5.88 Å². The van der Waals surface area contributed by atoms with Crippen molar-refractivity contribution in [1.29, 1.82) is 0 Å². The highest BCUT2D eigenvalue weighted by Crippen LogP contribution is 2.20. The Morgan fingerprint density at radius 1 is 1.20 bits per heavy atom. The first-order valence-electron chi connectivity index (χ1n) is 5.03. The molecule has 1 heterocycles. The summed E-state index contributed by atoms with van der Waals surface area (Å²) in [7, 11) is 0. The summed E-state index contributed by atoms with van der Waals surface area (Å²) >= 11 is 0. The summed E-state index contributed by atoms with van der Waals surface area (Å²) in [5.74, 6) is 0.642. The highest BCUT2D eigenvalue weighted by Gasteiger charge is 2.04. The first kappa shape index (κ1) is 9.77. The van der Waals surface area contributed by atoms with E-state index in [2.05, 4.69) is 10.2 Å². The van der Waals surface area contributed by atoms with E-state index in [1.807, 2.05) is 50.2 Å². The minimum absolute atomic E-state index is 0.150. The molecule has 0 aliphatic heterocycles. The van der Waals surface area contributed by atoms with Crippen molar-refractivity contribution in [3.63, 3.8) is 0 Å². The highest BCUT2D eigenvalue weighted by molar-refractivity contribution is 5.59. The number of hydrogen-bond donors (Lipinski definition) is 1. The molecule has 0 bridgehead atoms. The molecule has 0 saturated heterocycles. The normalized spacial score (nSPS) is 10.6. The molecule has 0 amide bonds. The summed E-state index contributed by atoms with van der Waals surface area (Å²) in [6.07, 6.45) is 0.150. The number of benzene rings is 1. The quantitative estimate of drug-likeness (QED) is 0.831. The molecule has 2 rings (SSSR count). The minimum Gasteiger partial charge on any atom is -0.474 e. The molecule has 3 nitrogen and oxygen atoms in total. The van der Waals surface area contributed by atoms with Gasteiger partial charge in [-0.25, -0.2) is 0 Å². The number of nitrogens with one attached hydrogen (secondary N) is 1. The van der Waals surface area contributed by atoms with E-state index in [0.717, 1.165) is 11.3 Å². The maximum absolute atomic E-state index is 5.47. The number of ether oxygens (including phenoxy) is 1. The Bertz CT molecular complexity index is 420. The molecule has 1 N–H and O–H groups in total. The molecule has 0 radical (unpaired) electrons. The zero-order valence-corrected chi connectivity index (χ0v) is 8.90. The van der Waals surface area contributed by atoms with Crippen LogP contribution in [0.2, 0.25) is 0 Å². The van der Waals surface area contributed by atoms with Gasteiger partial charge in [-0.05, 0) is 19.4 Å². The summed E-state index contributed by atoms with van der Waals surface area (Å²) in [6.45, 7) is 3.97.